The molecule has 106 valence electrons. The van der Waals surface area contributed by atoms with E-state index in [4.69, 9.17) is 0 Å². The van der Waals surface area contributed by atoms with Gasteiger partial charge in [0.2, 0.25) is 0 Å². The van der Waals surface area contributed by atoms with E-state index in [1.807, 2.05) is 0 Å². The Balaban J connectivity index is 2.32. The molecule has 19 heavy (non-hydrogen) atoms. The first kappa shape index (κ1) is 14.4. The predicted octanol–water partition coefficient (Wildman–Crippen LogP) is 3.66. The van der Waals surface area contributed by atoms with E-state index >= 15 is 0 Å². The fourth-order valence-corrected chi connectivity index (χ4v) is 3.06. The molecule has 0 spiro atoms. The van der Waals surface area contributed by atoms with Gasteiger partial charge in [-0.2, -0.15) is 0 Å². The zero-order valence-electron chi connectivity index (χ0n) is 13.1. The minimum absolute atomic E-state index is 0.239. The Labute approximate surface area is 118 Å². The summed E-state index contributed by atoms with van der Waals surface area (Å²) >= 11 is 0. The highest BCUT2D eigenvalue weighted by Gasteiger charge is 2.33. The number of hydrogen-bond acceptors (Lipinski definition) is 2. The standard InChI is InChI=1S/C17H28N2/c1-6-15-11-18-17(5,7-2)12-19(15)16-9-13(3)8-14(4)10-16/h8-10,15,18H,6-7,11-12H2,1-5H3. The molecular weight excluding hydrogens is 232 g/mol. The van der Waals surface area contributed by atoms with E-state index < -0.39 is 0 Å². The van der Waals surface area contributed by atoms with Crippen LogP contribution in [0.2, 0.25) is 0 Å². The Morgan fingerprint density at radius 3 is 2.37 bits per heavy atom. The number of benzene rings is 1. The molecule has 2 nitrogen and oxygen atoms in total. The monoisotopic (exact) mass is 260 g/mol. The van der Waals surface area contributed by atoms with Crippen LogP contribution < -0.4 is 10.2 Å². The summed E-state index contributed by atoms with van der Waals surface area (Å²) in [5.41, 5.74) is 4.36. The highest BCUT2D eigenvalue weighted by atomic mass is 15.3. The van der Waals surface area contributed by atoms with Crippen molar-refractivity contribution in [1.29, 1.82) is 0 Å². The van der Waals surface area contributed by atoms with E-state index in [0.29, 0.717) is 6.04 Å². The summed E-state index contributed by atoms with van der Waals surface area (Å²) in [5, 5.41) is 3.73. The highest BCUT2D eigenvalue weighted by Crippen LogP contribution is 2.28. The summed E-state index contributed by atoms with van der Waals surface area (Å²) in [6.45, 7) is 13.5. The second-order valence-corrected chi connectivity index (χ2v) is 6.33. The number of aryl methyl sites for hydroxylation is 2. The maximum Gasteiger partial charge on any atom is 0.0412 e. The topological polar surface area (TPSA) is 15.3 Å². The van der Waals surface area contributed by atoms with Crippen molar-refractivity contribution in [3.8, 4) is 0 Å². The summed E-state index contributed by atoms with van der Waals surface area (Å²) in [6, 6.07) is 7.53. The largest absolute Gasteiger partial charge is 0.365 e. The van der Waals surface area contributed by atoms with Crippen LogP contribution in [0, 0.1) is 13.8 Å². The number of anilines is 1. The van der Waals surface area contributed by atoms with Gasteiger partial charge in [0.05, 0.1) is 0 Å². The Hall–Kier alpha value is -1.02. The smallest absolute Gasteiger partial charge is 0.0412 e. The molecule has 2 heteroatoms. The molecule has 1 saturated heterocycles. The molecule has 1 N–H and O–H groups in total. The minimum atomic E-state index is 0.239. The van der Waals surface area contributed by atoms with Crippen LogP contribution in [0.25, 0.3) is 0 Å². The Bertz CT molecular complexity index is 421. The van der Waals surface area contributed by atoms with Crippen molar-refractivity contribution in [2.45, 2.75) is 59.0 Å². The Morgan fingerprint density at radius 2 is 1.84 bits per heavy atom. The van der Waals surface area contributed by atoms with Gasteiger partial charge in [0.15, 0.2) is 0 Å². The summed E-state index contributed by atoms with van der Waals surface area (Å²) in [4.78, 5) is 2.61. The van der Waals surface area contributed by atoms with Crippen molar-refractivity contribution in [3.63, 3.8) is 0 Å². The molecule has 1 aliphatic rings. The summed E-state index contributed by atoms with van der Waals surface area (Å²) < 4.78 is 0. The van der Waals surface area contributed by atoms with Crippen LogP contribution in [0.3, 0.4) is 0 Å². The minimum Gasteiger partial charge on any atom is -0.365 e. The Morgan fingerprint density at radius 1 is 1.21 bits per heavy atom. The van der Waals surface area contributed by atoms with Crippen LogP contribution in [0.5, 0.6) is 0 Å². The maximum atomic E-state index is 3.73. The summed E-state index contributed by atoms with van der Waals surface area (Å²) in [5.74, 6) is 0. The molecule has 1 aromatic rings. The first-order valence-corrected chi connectivity index (χ1v) is 7.57. The van der Waals surface area contributed by atoms with Gasteiger partial charge < -0.3 is 10.2 Å². The third-order valence-corrected chi connectivity index (χ3v) is 4.51. The molecule has 0 aliphatic carbocycles. The number of piperazine rings is 1. The maximum absolute atomic E-state index is 3.73. The lowest BCUT2D eigenvalue weighted by atomic mass is 9.92. The van der Waals surface area contributed by atoms with Gasteiger partial charge in [-0.3, -0.25) is 0 Å². The van der Waals surface area contributed by atoms with Gasteiger partial charge in [0.25, 0.3) is 0 Å². The molecule has 0 saturated carbocycles. The van der Waals surface area contributed by atoms with E-state index in [9.17, 15) is 0 Å². The van der Waals surface area contributed by atoms with Crippen molar-refractivity contribution in [2.75, 3.05) is 18.0 Å². The van der Waals surface area contributed by atoms with Gasteiger partial charge in [-0.15, -0.1) is 0 Å². The third kappa shape index (κ3) is 3.11. The SMILES string of the molecule is CCC1CNC(C)(CC)CN1c1cc(C)cc(C)c1. The average Bonchev–Trinajstić information content (AvgIpc) is 2.37. The van der Waals surface area contributed by atoms with E-state index in [0.717, 1.165) is 13.1 Å². The molecule has 2 rings (SSSR count). The quantitative estimate of drug-likeness (QED) is 0.892. The lowest BCUT2D eigenvalue weighted by molar-refractivity contribution is 0.276. The fraction of sp³-hybridized carbons (Fsp3) is 0.647. The fourth-order valence-electron chi connectivity index (χ4n) is 3.06. The number of rotatable bonds is 3. The summed E-state index contributed by atoms with van der Waals surface area (Å²) in [7, 11) is 0. The average molecular weight is 260 g/mol. The number of nitrogens with zero attached hydrogens (tertiary/aromatic N) is 1. The first-order valence-electron chi connectivity index (χ1n) is 7.57. The second-order valence-electron chi connectivity index (χ2n) is 6.33. The number of hydrogen-bond donors (Lipinski definition) is 1. The number of nitrogens with one attached hydrogen (secondary N) is 1. The molecule has 1 heterocycles. The molecule has 2 atom stereocenters. The van der Waals surface area contributed by atoms with Crippen LogP contribution >= 0.6 is 0 Å². The summed E-state index contributed by atoms with van der Waals surface area (Å²) in [6.07, 6.45) is 2.37. The third-order valence-electron chi connectivity index (χ3n) is 4.51. The van der Waals surface area contributed by atoms with Crippen LogP contribution in [-0.2, 0) is 0 Å². The van der Waals surface area contributed by atoms with Crippen molar-refractivity contribution in [3.05, 3.63) is 29.3 Å². The van der Waals surface area contributed by atoms with E-state index in [1.165, 1.54) is 29.7 Å². The molecule has 1 aromatic carbocycles. The molecule has 1 aliphatic heterocycles. The van der Waals surface area contributed by atoms with E-state index in [1.54, 1.807) is 0 Å². The van der Waals surface area contributed by atoms with Crippen molar-refractivity contribution in [2.24, 2.45) is 0 Å². The van der Waals surface area contributed by atoms with Crippen LogP contribution in [0.1, 0.15) is 44.7 Å². The van der Waals surface area contributed by atoms with Gasteiger partial charge in [-0.25, -0.2) is 0 Å². The predicted molar refractivity (Wildman–Crippen MR) is 84.0 cm³/mol. The Kier molecular flexibility index (Phi) is 4.19. The van der Waals surface area contributed by atoms with Crippen molar-refractivity contribution in [1.82, 2.24) is 5.32 Å². The van der Waals surface area contributed by atoms with Gasteiger partial charge in [-0.1, -0.05) is 19.9 Å². The van der Waals surface area contributed by atoms with Crippen molar-refractivity contribution >= 4 is 5.69 Å². The van der Waals surface area contributed by atoms with Gasteiger partial charge in [-0.05, 0) is 56.9 Å². The molecule has 0 amide bonds. The van der Waals surface area contributed by atoms with E-state index in [-0.39, 0.29) is 5.54 Å². The highest BCUT2D eigenvalue weighted by molar-refractivity contribution is 5.52. The molecular formula is C17H28N2. The molecule has 1 fully saturated rings. The molecule has 2 unspecified atom stereocenters. The zero-order valence-corrected chi connectivity index (χ0v) is 13.1. The van der Waals surface area contributed by atoms with Crippen LogP contribution in [-0.4, -0.2) is 24.7 Å². The van der Waals surface area contributed by atoms with E-state index in [2.05, 4.69) is 63.0 Å². The zero-order chi connectivity index (χ0) is 14.0. The lowest BCUT2D eigenvalue weighted by Gasteiger charge is -2.47. The second kappa shape index (κ2) is 5.54. The molecule has 0 aromatic heterocycles. The van der Waals surface area contributed by atoms with Crippen LogP contribution in [0.15, 0.2) is 18.2 Å². The molecule has 0 bridgehead atoms. The first-order chi connectivity index (χ1) is 8.97. The van der Waals surface area contributed by atoms with Crippen molar-refractivity contribution < 1.29 is 0 Å². The normalized spacial score (nSPS) is 27.6. The lowest BCUT2D eigenvalue weighted by Crippen LogP contribution is -2.62. The van der Waals surface area contributed by atoms with Gasteiger partial charge >= 0.3 is 0 Å². The van der Waals surface area contributed by atoms with Gasteiger partial charge in [0.1, 0.15) is 0 Å². The molecule has 0 radical (unpaired) electrons. The van der Waals surface area contributed by atoms with Gasteiger partial charge in [0, 0.05) is 30.4 Å². The van der Waals surface area contributed by atoms with Crippen LogP contribution in [0.4, 0.5) is 5.69 Å².